The van der Waals surface area contributed by atoms with Crippen LogP contribution in [-0.4, -0.2) is 9.55 Å². The molecule has 0 atom stereocenters. The summed E-state index contributed by atoms with van der Waals surface area (Å²) in [5.41, 5.74) is 1.02. The van der Waals surface area contributed by atoms with Gasteiger partial charge in [-0.25, -0.2) is 13.8 Å². The van der Waals surface area contributed by atoms with Gasteiger partial charge in [-0.2, -0.15) is 5.26 Å². The number of fused-ring (bicyclic) bond motifs is 1. The average Bonchev–Trinajstić information content (AvgIpc) is 3.10. The van der Waals surface area contributed by atoms with Crippen molar-refractivity contribution < 1.29 is 8.78 Å². The molecule has 22 heavy (non-hydrogen) atoms. The Hall–Kier alpha value is -2.26. The number of hydrogen-bond acceptors (Lipinski definition) is 3. The van der Waals surface area contributed by atoms with E-state index in [9.17, 15) is 8.78 Å². The average molecular weight is 317 g/mol. The molecule has 0 bridgehead atoms. The Balaban J connectivity index is 2.04. The standard InChI is InChI=1S/C16H13F2N3S/c17-12-9-14-15(10-13(12)18)21(6-2-1-5-19)16(20-14)8-11-4-3-7-22-11/h3-4,7,9-10H,1-2,6,8H2. The maximum atomic E-state index is 13.5. The van der Waals surface area contributed by atoms with Crippen LogP contribution in [0.15, 0.2) is 29.6 Å². The maximum absolute atomic E-state index is 13.5. The van der Waals surface area contributed by atoms with Crippen LogP contribution in [-0.2, 0) is 13.0 Å². The second-order valence-corrected chi connectivity index (χ2v) is 5.98. The first-order chi connectivity index (χ1) is 10.7. The van der Waals surface area contributed by atoms with Gasteiger partial charge in [0.15, 0.2) is 11.6 Å². The Labute approximate surface area is 130 Å². The highest BCUT2D eigenvalue weighted by atomic mass is 32.1. The lowest BCUT2D eigenvalue weighted by Gasteiger charge is -2.07. The Kier molecular flexibility index (Phi) is 4.16. The molecule has 0 amide bonds. The fraction of sp³-hybridized carbons (Fsp3) is 0.250. The van der Waals surface area contributed by atoms with Crippen LogP contribution in [0.4, 0.5) is 8.78 Å². The van der Waals surface area contributed by atoms with Gasteiger partial charge in [-0.1, -0.05) is 6.07 Å². The summed E-state index contributed by atoms with van der Waals surface area (Å²) < 4.78 is 28.8. The van der Waals surface area contributed by atoms with E-state index in [1.165, 1.54) is 6.07 Å². The molecular weight excluding hydrogens is 304 g/mol. The van der Waals surface area contributed by atoms with Crippen molar-refractivity contribution in [2.75, 3.05) is 0 Å². The van der Waals surface area contributed by atoms with E-state index in [1.54, 1.807) is 11.3 Å². The zero-order valence-corrected chi connectivity index (χ0v) is 12.5. The molecule has 3 rings (SSSR count). The van der Waals surface area contributed by atoms with Gasteiger partial charge in [0.25, 0.3) is 0 Å². The maximum Gasteiger partial charge on any atom is 0.161 e. The van der Waals surface area contributed by atoms with Crippen molar-refractivity contribution >= 4 is 22.4 Å². The zero-order chi connectivity index (χ0) is 15.5. The van der Waals surface area contributed by atoms with E-state index in [0.717, 1.165) is 16.8 Å². The van der Waals surface area contributed by atoms with Gasteiger partial charge in [0.1, 0.15) is 5.82 Å². The Morgan fingerprint density at radius 1 is 1.27 bits per heavy atom. The highest BCUT2D eigenvalue weighted by Crippen LogP contribution is 2.23. The lowest BCUT2D eigenvalue weighted by atomic mass is 10.2. The number of imidazole rings is 1. The molecule has 0 spiro atoms. The van der Waals surface area contributed by atoms with E-state index < -0.39 is 11.6 Å². The lowest BCUT2D eigenvalue weighted by molar-refractivity contribution is 0.510. The number of nitrogens with zero attached hydrogens (tertiary/aromatic N) is 3. The lowest BCUT2D eigenvalue weighted by Crippen LogP contribution is -2.04. The number of benzene rings is 1. The van der Waals surface area contributed by atoms with E-state index in [2.05, 4.69) is 11.1 Å². The monoisotopic (exact) mass is 317 g/mol. The molecule has 0 aliphatic carbocycles. The highest BCUT2D eigenvalue weighted by Gasteiger charge is 2.15. The third kappa shape index (κ3) is 2.85. The second kappa shape index (κ2) is 6.24. The molecule has 0 aliphatic heterocycles. The first kappa shape index (κ1) is 14.7. The number of rotatable bonds is 5. The molecule has 0 unspecified atom stereocenters. The SMILES string of the molecule is N#CCCCn1c(Cc2cccs2)nc2cc(F)c(F)cc21. The molecule has 112 valence electrons. The van der Waals surface area contributed by atoms with E-state index in [4.69, 9.17) is 5.26 Å². The van der Waals surface area contributed by atoms with Crippen LogP contribution in [0.25, 0.3) is 11.0 Å². The van der Waals surface area contributed by atoms with Crippen molar-refractivity contribution in [1.82, 2.24) is 9.55 Å². The Bertz CT molecular complexity index is 831. The van der Waals surface area contributed by atoms with Crippen molar-refractivity contribution in [3.8, 4) is 6.07 Å². The smallest absolute Gasteiger partial charge is 0.161 e. The van der Waals surface area contributed by atoms with Gasteiger partial charge in [0, 0.05) is 36.4 Å². The summed E-state index contributed by atoms with van der Waals surface area (Å²) in [5.74, 6) is -1.01. The zero-order valence-electron chi connectivity index (χ0n) is 11.7. The molecule has 6 heteroatoms. The van der Waals surface area contributed by atoms with Gasteiger partial charge in [-0.15, -0.1) is 11.3 Å². The van der Waals surface area contributed by atoms with Crippen LogP contribution >= 0.6 is 11.3 Å². The summed E-state index contributed by atoms with van der Waals surface area (Å²) >= 11 is 1.62. The summed E-state index contributed by atoms with van der Waals surface area (Å²) in [6.07, 6.45) is 1.68. The molecule has 1 aromatic carbocycles. The molecule has 2 heterocycles. The van der Waals surface area contributed by atoms with Gasteiger partial charge in [-0.3, -0.25) is 0 Å². The molecule has 0 N–H and O–H groups in total. The van der Waals surface area contributed by atoms with Gasteiger partial charge in [0.2, 0.25) is 0 Å². The van der Waals surface area contributed by atoms with Crippen LogP contribution in [0.3, 0.4) is 0 Å². The van der Waals surface area contributed by atoms with E-state index in [1.807, 2.05) is 22.1 Å². The van der Waals surface area contributed by atoms with E-state index >= 15 is 0 Å². The number of halogens is 2. The molecule has 0 fully saturated rings. The van der Waals surface area contributed by atoms with Crippen molar-refractivity contribution in [2.24, 2.45) is 0 Å². The summed E-state index contributed by atoms with van der Waals surface area (Å²) in [6, 6.07) is 8.37. The number of unbranched alkanes of at least 4 members (excludes halogenated alkanes) is 1. The molecule has 0 saturated carbocycles. The van der Waals surface area contributed by atoms with Gasteiger partial charge < -0.3 is 4.57 Å². The minimum Gasteiger partial charge on any atom is -0.328 e. The molecular formula is C16H13F2N3S. The van der Waals surface area contributed by atoms with Gasteiger partial charge in [-0.05, 0) is 17.9 Å². The van der Waals surface area contributed by atoms with E-state index in [0.29, 0.717) is 36.8 Å². The predicted octanol–water partition coefficient (Wildman–Crippen LogP) is 4.27. The summed E-state index contributed by atoms with van der Waals surface area (Å²) in [7, 11) is 0. The van der Waals surface area contributed by atoms with Gasteiger partial charge in [0.05, 0.1) is 17.1 Å². The number of aromatic nitrogens is 2. The number of nitriles is 1. The third-order valence-corrected chi connectivity index (χ3v) is 4.33. The Morgan fingerprint density at radius 3 is 2.82 bits per heavy atom. The molecule has 0 radical (unpaired) electrons. The fourth-order valence-corrected chi connectivity index (χ4v) is 3.14. The summed E-state index contributed by atoms with van der Waals surface area (Å²) in [4.78, 5) is 5.59. The van der Waals surface area contributed by atoms with Crippen LogP contribution < -0.4 is 0 Å². The highest BCUT2D eigenvalue weighted by molar-refractivity contribution is 7.09. The van der Waals surface area contributed by atoms with Crippen LogP contribution in [0, 0.1) is 23.0 Å². The first-order valence-electron chi connectivity index (χ1n) is 6.92. The summed E-state index contributed by atoms with van der Waals surface area (Å²) in [6.45, 7) is 0.565. The molecule has 2 aromatic heterocycles. The van der Waals surface area contributed by atoms with Crippen LogP contribution in [0.1, 0.15) is 23.5 Å². The normalized spacial score (nSPS) is 11.0. The number of hydrogen-bond donors (Lipinski definition) is 0. The number of thiophene rings is 1. The van der Waals surface area contributed by atoms with Gasteiger partial charge >= 0.3 is 0 Å². The van der Waals surface area contributed by atoms with Crippen LogP contribution in [0.2, 0.25) is 0 Å². The quantitative estimate of drug-likeness (QED) is 0.659. The minimum atomic E-state index is -0.892. The summed E-state index contributed by atoms with van der Waals surface area (Å²) in [5, 5.41) is 10.7. The minimum absolute atomic E-state index is 0.418. The molecule has 3 nitrogen and oxygen atoms in total. The fourth-order valence-electron chi connectivity index (χ4n) is 2.44. The van der Waals surface area contributed by atoms with Crippen molar-refractivity contribution in [1.29, 1.82) is 5.26 Å². The van der Waals surface area contributed by atoms with Crippen LogP contribution in [0.5, 0.6) is 0 Å². The Morgan fingerprint density at radius 2 is 2.09 bits per heavy atom. The van der Waals surface area contributed by atoms with Crippen molar-refractivity contribution in [3.05, 3.63) is 52.0 Å². The topological polar surface area (TPSA) is 41.6 Å². The molecule has 0 aliphatic rings. The first-order valence-corrected chi connectivity index (χ1v) is 7.80. The number of aryl methyl sites for hydroxylation is 1. The largest absolute Gasteiger partial charge is 0.328 e. The predicted molar refractivity (Wildman–Crippen MR) is 81.6 cm³/mol. The third-order valence-electron chi connectivity index (χ3n) is 3.45. The van der Waals surface area contributed by atoms with Crippen molar-refractivity contribution in [3.63, 3.8) is 0 Å². The molecule has 3 aromatic rings. The second-order valence-electron chi connectivity index (χ2n) is 4.95. The van der Waals surface area contributed by atoms with Crippen molar-refractivity contribution in [2.45, 2.75) is 25.8 Å². The molecule has 0 saturated heterocycles. The van der Waals surface area contributed by atoms with E-state index in [-0.39, 0.29) is 0 Å².